The van der Waals surface area contributed by atoms with Crippen molar-refractivity contribution in [2.75, 3.05) is 24.5 Å². The van der Waals surface area contributed by atoms with Crippen molar-refractivity contribution in [3.63, 3.8) is 0 Å². The largest absolute Gasteiger partial charge is 0.444 e. The lowest BCUT2D eigenvalue weighted by Crippen LogP contribution is -2.55. The Morgan fingerprint density at radius 3 is 2.62 bits per heavy atom. The maximum absolute atomic E-state index is 12.3. The normalized spacial score (nSPS) is 22.2. The number of hydrogen-bond donors (Lipinski definition) is 0. The lowest BCUT2D eigenvalue weighted by atomic mass is 9.91. The number of carbonyl (C=O) groups is 1. The smallest absolute Gasteiger partial charge is 0.410 e. The second-order valence-electron chi connectivity index (χ2n) is 9.30. The summed E-state index contributed by atoms with van der Waals surface area (Å²) in [4.78, 5) is 20.9. The van der Waals surface area contributed by atoms with Crippen LogP contribution in [-0.4, -0.2) is 55.3 Å². The van der Waals surface area contributed by atoms with E-state index in [0.29, 0.717) is 18.5 Å². The molecule has 2 fully saturated rings. The summed E-state index contributed by atoms with van der Waals surface area (Å²) in [6.45, 7) is 14.9. The molecule has 3 heterocycles. The number of rotatable bonds is 1. The van der Waals surface area contributed by atoms with Gasteiger partial charge in [0.05, 0.1) is 17.9 Å². The van der Waals surface area contributed by atoms with Crippen molar-refractivity contribution in [1.82, 2.24) is 9.88 Å². The number of amides is 1. The summed E-state index contributed by atoms with van der Waals surface area (Å²) in [6, 6.07) is 2.47. The first kappa shape index (κ1) is 18.8. The van der Waals surface area contributed by atoms with E-state index in [1.54, 1.807) is 0 Å². The Morgan fingerprint density at radius 1 is 1.23 bits per heavy atom. The summed E-state index contributed by atoms with van der Waals surface area (Å²) < 4.78 is 5.51. The fraction of sp³-hybridized carbons (Fsp3) is 0.600. The molecule has 26 heavy (non-hydrogen) atoms. The fourth-order valence-electron chi connectivity index (χ4n) is 3.32. The van der Waals surface area contributed by atoms with Crippen LogP contribution in [-0.2, 0) is 4.74 Å². The topological polar surface area (TPSA) is 45.7 Å². The van der Waals surface area contributed by atoms with Gasteiger partial charge in [-0.15, -0.1) is 5.54 Å². The highest BCUT2D eigenvalue weighted by atomic mass is 28.3. The highest BCUT2D eigenvalue weighted by Crippen LogP contribution is 2.36. The van der Waals surface area contributed by atoms with Crippen molar-refractivity contribution in [2.45, 2.75) is 52.1 Å². The van der Waals surface area contributed by atoms with Crippen LogP contribution in [0.1, 0.15) is 26.3 Å². The molecule has 3 rings (SSSR count). The van der Waals surface area contributed by atoms with Crippen molar-refractivity contribution >= 4 is 19.9 Å². The van der Waals surface area contributed by atoms with Crippen molar-refractivity contribution in [1.29, 1.82) is 0 Å². The van der Waals surface area contributed by atoms with Gasteiger partial charge in [-0.25, -0.2) is 4.79 Å². The first-order chi connectivity index (χ1) is 12.0. The van der Waals surface area contributed by atoms with Gasteiger partial charge in [0, 0.05) is 37.3 Å². The number of aromatic nitrogens is 1. The van der Waals surface area contributed by atoms with E-state index in [0.717, 1.165) is 24.3 Å². The zero-order valence-corrected chi connectivity index (χ0v) is 17.7. The van der Waals surface area contributed by atoms with E-state index >= 15 is 0 Å². The lowest BCUT2D eigenvalue weighted by Gasteiger charge is -2.45. The van der Waals surface area contributed by atoms with Gasteiger partial charge in [-0.1, -0.05) is 25.6 Å². The molecule has 0 bridgehead atoms. The number of hydrogen-bond acceptors (Lipinski definition) is 4. The SMILES string of the molecule is CC(C)(C)OC(=O)N1C[C@H]2CN(c3cncc(C#C[Si](C)(C)C)c3)[C@H]2C1. The Labute approximate surface area is 157 Å². The number of pyridine rings is 1. The van der Waals surface area contributed by atoms with E-state index in [4.69, 9.17) is 4.74 Å². The van der Waals surface area contributed by atoms with Gasteiger partial charge in [0.1, 0.15) is 13.7 Å². The zero-order chi connectivity index (χ0) is 19.1. The highest BCUT2D eigenvalue weighted by Gasteiger charge is 2.47. The van der Waals surface area contributed by atoms with E-state index in [1.165, 1.54) is 0 Å². The highest BCUT2D eigenvalue weighted by molar-refractivity contribution is 6.83. The van der Waals surface area contributed by atoms with Gasteiger partial charge in [-0.05, 0) is 26.8 Å². The Bertz CT molecular complexity index is 755. The summed E-state index contributed by atoms with van der Waals surface area (Å²) in [5.74, 6) is 3.79. The van der Waals surface area contributed by atoms with Crippen molar-refractivity contribution in [3.8, 4) is 11.5 Å². The standard InChI is InChI=1S/C20H29N3O2Si/c1-20(2,3)25-19(24)22-12-16-13-23(18(16)14-22)17-9-15(10-21-11-17)7-8-26(4,5)6/h9-11,16,18H,12-14H2,1-6H3/t16-,18-/m0/s1. The molecule has 1 aromatic rings. The van der Waals surface area contributed by atoms with Crippen LogP contribution < -0.4 is 4.90 Å². The molecule has 6 heteroatoms. The summed E-state index contributed by atoms with van der Waals surface area (Å²) in [7, 11) is -1.40. The Kier molecular flexibility index (Phi) is 4.78. The second kappa shape index (κ2) is 6.62. The maximum Gasteiger partial charge on any atom is 0.410 e. The predicted octanol–water partition coefficient (Wildman–Crippen LogP) is 3.37. The van der Waals surface area contributed by atoms with Gasteiger partial charge in [0.2, 0.25) is 0 Å². The molecule has 0 N–H and O–H groups in total. The van der Waals surface area contributed by atoms with Gasteiger partial charge in [0.25, 0.3) is 0 Å². The van der Waals surface area contributed by atoms with Gasteiger partial charge in [-0.2, -0.15) is 0 Å². The maximum atomic E-state index is 12.3. The van der Waals surface area contributed by atoms with E-state index < -0.39 is 13.7 Å². The third-order valence-corrected chi connectivity index (χ3v) is 5.40. The molecule has 0 saturated carbocycles. The quantitative estimate of drug-likeness (QED) is 0.561. The third kappa shape index (κ3) is 4.39. The Morgan fingerprint density at radius 2 is 1.96 bits per heavy atom. The van der Waals surface area contributed by atoms with Gasteiger partial charge in [-0.3, -0.25) is 4.98 Å². The average molecular weight is 372 g/mol. The molecule has 0 spiro atoms. The molecule has 0 aromatic carbocycles. The van der Waals surface area contributed by atoms with E-state index in [-0.39, 0.29) is 6.09 Å². The molecule has 2 aliphatic rings. The number of carbonyl (C=O) groups excluding carboxylic acids is 1. The van der Waals surface area contributed by atoms with E-state index in [2.05, 4.69) is 47.1 Å². The minimum Gasteiger partial charge on any atom is -0.444 e. The molecule has 2 aliphatic heterocycles. The summed E-state index contributed by atoms with van der Waals surface area (Å²) >= 11 is 0. The van der Waals surface area contributed by atoms with Crippen LogP contribution in [0.3, 0.4) is 0 Å². The monoisotopic (exact) mass is 371 g/mol. The van der Waals surface area contributed by atoms with Crippen molar-refractivity contribution < 1.29 is 9.53 Å². The second-order valence-corrected chi connectivity index (χ2v) is 14.0. The van der Waals surface area contributed by atoms with Crippen molar-refractivity contribution in [3.05, 3.63) is 24.0 Å². The molecule has 2 saturated heterocycles. The predicted molar refractivity (Wildman–Crippen MR) is 107 cm³/mol. The van der Waals surface area contributed by atoms with E-state index in [9.17, 15) is 4.79 Å². The van der Waals surface area contributed by atoms with Crippen LogP contribution in [0.15, 0.2) is 18.5 Å². The summed E-state index contributed by atoms with van der Waals surface area (Å²) in [6.07, 6.45) is 3.52. The molecule has 140 valence electrons. The molecule has 1 amide bonds. The van der Waals surface area contributed by atoms with Crippen LogP contribution in [0, 0.1) is 17.4 Å². The van der Waals surface area contributed by atoms with Crippen LogP contribution in [0.5, 0.6) is 0 Å². The molecule has 2 atom stereocenters. The fourth-order valence-corrected chi connectivity index (χ4v) is 3.84. The van der Waals surface area contributed by atoms with Gasteiger partial charge < -0.3 is 14.5 Å². The summed E-state index contributed by atoms with van der Waals surface area (Å²) in [5, 5.41) is 0. The van der Waals surface area contributed by atoms with Gasteiger partial charge >= 0.3 is 6.09 Å². The van der Waals surface area contributed by atoms with Crippen LogP contribution in [0.4, 0.5) is 10.5 Å². The average Bonchev–Trinajstić information content (AvgIpc) is 2.81. The van der Waals surface area contributed by atoms with Crippen molar-refractivity contribution in [2.24, 2.45) is 5.92 Å². The molecule has 0 unspecified atom stereocenters. The molecular weight excluding hydrogens is 342 g/mol. The molecular formula is C20H29N3O2Si. The number of likely N-dealkylation sites (tertiary alicyclic amines) is 1. The molecule has 5 nitrogen and oxygen atoms in total. The number of nitrogens with zero attached hydrogens (tertiary/aromatic N) is 3. The van der Waals surface area contributed by atoms with Crippen LogP contribution in [0.25, 0.3) is 0 Å². The number of ether oxygens (including phenoxy) is 1. The first-order valence-corrected chi connectivity index (χ1v) is 12.7. The third-order valence-electron chi connectivity index (χ3n) is 4.53. The molecule has 0 aliphatic carbocycles. The molecule has 0 radical (unpaired) electrons. The Hall–Kier alpha value is -2.00. The molecule has 1 aromatic heterocycles. The number of fused-ring (bicyclic) bond motifs is 1. The van der Waals surface area contributed by atoms with Crippen LogP contribution in [0.2, 0.25) is 19.6 Å². The zero-order valence-electron chi connectivity index (χ0n) is 16.7. The number of anilines is 1. The minimum atomic E-state index is -1.40. The minimum absolute atomic E-state index is 0.209. The lowest BCUT2D eigenvalue weighted by molar-refractivity contribution is 0.0291. The summed E-state index contributed by atoms with van der Waals surface area (Å²) in [5.41, 5.74) is 5.00. The van der Waals surface area contributed by atoms with E-state index in [1.807, 2.05) is 38.1 Å². The first-order valence-electron chi connectivity index (χ1n) is 9.25. The van der Waals surface area contributed by atoms with Gasteiger partial charge in [0.15, 0.2) is 0 Å². The Balaban J connectivity index is 1.67. The van der Waals surface area contributed by atoms with Crippen LogP contribution >= 0.6 is 0 Å².